The standard InChI is InChI=1S/C23H29N3O2/c1-3-18-11-13-19(14-12-18)17(2)24-22(27)20-8-7-15-26(16-20)23(28)25-21-9-5-4-6-10-21/h4-6,9-14,17,20H,3,7-8,15-16H2,1-2H3,(H,24,27)(H,25,28). The van der Waals surface area contributed by atoms with E-state index in [2.05, 4.69) is 41.8 Å². The van der Waals surface area contributed by atoms with Crippen molar-refractivity contribution >= 4 is 17.6 Å². The molecule has 0 saturated carbocycles. The van der Waals surface area contributed by atoms with Gasteiger partial charge in [-0.1, -0.05) is 49.4 Å². The fourth-order valence-corrected chi connectivity index (χ4v) is 3.56. The maximum absolute atomic E-state index is 12.8. The molecule has 2 aromatic carbocycles. The molecule has 1 aliphatic rings. The van der Waals surface area contributed by atoms with E-state index >= 15 is 0 Å². The van der Waals surface area contributed by atoms with Crippen LogP contribution in [0, 0.1) is 5.92 Å². The largest absolute Gasteiger partial charge is 0.349 e. The summed E-state index contributed by atoms with van der Waals surface area (Å²) in [7, 11) is 0. The third-order valence-electron chi connectivity index (χ3n) is 5.35. The maximum Gasteiger partial charge on any atom is 0.321 e. The van der Waals surface area contributed by atoms with Gasteiger partial charge in [0.15, 0.2) is 0 Å². The number of benzene rings is 2. The van der Waals surface area contributed by atoms with Gasteiger partial charge in [0, 0.05) is 18.8 Å². The van der Waals surface area contributed by atoms with Gasteiger partial charge in [0.25, 0.3) is 0 Å². The predicted octanol–water partition coefficient (Wildman–Crippen LogP) is 4.37. The molecule has 2 unspecified atom stereocenters. The number of amides is 3. The van der Waals surface area contributed by atoms with E-state index in [4.69, 9.17) is 0 Å². The van der Waals surface area contributed by atoms with Gasteiger partial charge in [-0.05, 0) is 49.4 Å². The van der Waals surface area contributed by atoms with Crippen LogP contribution in [-0.2, 0) is 11.2 Å². The van der Waals surface area contributed by atoms with Gasteiger partial charge >= 0.3 is 6.03 Å². The summed E-state index contributed by atoms with van der Waals surface area (Å²) in [6.07, 6.45) is 2.65. The highest BCUT2D eigenvalue weighted by Gasteiger charge is 2.29. The van der Waals surface area contributed by atoms with Crippen molar-refractivity contribution in [2.24, 2.45) is 5.92 Å². The Balaban J connectivity index is 1.55. The molecule has 1 aliphatic heterocycles. The van der Waals surface area contributed by atoms with Crippen LogP contribution < -0.4 is 10.6 Å². The van der Waals surface area contributed by atoms with Crippen LogP contribution >= 0.6 is 0 Å². The molecule has 0 radical (unpaired) electrons. The Bertz CT molecular complexity index is 789. The Morgan fingerprint density at radius 2 is 1.82 bits per heavy atom. The molecular formula is C23H29N3O2. The van der Waals surface area contributed by atoms with Gasteiger partial charge < -0.3 is 15.5 Å². The number of anilines is 1. The summed E-state index contributed by atoms with van der Waals surface area (Å²) in [6.45, 7) is 5.26. The van der Waals surface area contributed by atoms with Crippen molar-refractivity contribution in [1.82, 2.24) is 10.2 Å². The third-order valence-corrected chi connectivity index (χ3v) is 5.35. The molecule has 2 N–H and O–H groups in total. The van der Waals surface area contributed by atoms with Crippen molar-refractivity contribution in [2.75, 3.05) is 18.4 Å². The summed E-state index contributed by atoms with van der Waals surface area (Å²) < 4.78 is 0. The van der Waals surface area contributed by atoms with E-state index < -0.39 is 0 Å². The number of carbonyl (C=O) groups excluding carboxylic acids is 2. The number of nitrogens with zero attached hydrogens (tertiary/aromatic N) is 1. The minimum Gasteiger partial charge on any atom is -0.349 e. The average Bonchev–Trinajstić information content (AvgIpc) is 2.74. The molecule has 5 nitrogen and oxygen atoms in total. The zero-order valence-corrected chi connectivity index (χ0v) is 16.7. The highest BCUT2D eigenvalue weighted by Crippen LogP contribution is 2.20. The Morgan fingerprint density at radius 1 is 1.11 bits per heavy atom. The molecule has 0 aliphatic carbocycles. The molecule has 1 fully saturated rings. The van der Waals surface area contributed by atoms with Crippen LogP contribution in [0.3, 0.4) is 0 Å². The summed E-state index contributed by atoms with van der Waals surface area (Å²) >= 11 is 0. The minimum atomic E-state index is -0.173. The smallest absolute Gasteiger partial charge is 0.321 e. The van der Waals surface area contributed by atoms with Gasteiger partial charge in [-0.15, -0.1) is 0 Å². The SMILES string of the molecule is CCc1ccc(C(C)NC(=O)C2CCCN(C(=O)Nc3ccccc3)C2)cc1. The van der Waals surface area contributed by atoms with Crippen LogP contribution in [0.25, 0.3) is 0 Å². The Hall–Kier alpha value is -2.82. The lowest BCUT2D eigenvalue weighted by Gasteiger charge is -2.32. The second kappa shape index (κ2) is 9.40. The Kier molecular flexibility index (Phi) is 6.69. The molecule has 148 valence electrons. The molecule has 0 spiro atoms. The fraction of sp³-hybridized carbons (Fsp3) is 0.391. The molecule has 0 aromatic heterocycles. The topological polar surface area (TPSA) is 61.4 Å². The van der Waals surface area contributed by atoms with Gasteiger partial charge in [0.2, 0.25) is 5.91 Å². The lowest BCUT2D eigenvalue weighted by Crippen LogP contribution is -2.47. The Morgan fingerprint density at radius 3 is 2.50 bits per heavy atom. The molecule has 1 saturated heterocycles. The molecule has 2 aromatic rings. The lowest BCUT2D eigenvalue weighted by atomic mass is 9.96. The van der Waals surface area contributed by atoms with Crippen molar-refractivity contribution in [3.8, 4) is 0 Å². The number of aryl methyl sites for hydroxylation is 1. The van der Waals surface area contributed by atoms with E-state index in [1.54, 1.807) is 4.90 Å². The second-order valence-electron chi connectivity index (χ2n) is 7.41. The first-order valence-electron chi connectivity index (χ1n) is 10.1. The lowest BCUT2D eigenvalue weighted by molar-refractivity contribution is -0.126. The van der Waals surface area contributed by atoms with Gasteiger partial charge in [-0.25, -0.2) is 4.79 Å². The Labute approximate surface area is 167 Å². The van der Waals surface area contributed by atoms with E-state index in [9.17, 15) is 9.59 Å². The first-order valence-corrected chi connectivity index (χ1v) is 10.1. The molecule has 3 amide bonds. The second-order valence-corrected chi connectivity index (χ2v) is 7.41. The predicted molar refractivity (Wildman–Crippen MR) is 112 cm³/mol. The normalized spacial score (nSPS) is 17.6. The number of hydrogen-bond acceptors (Lipinski definition) is 2. The zero-order valence-electron chi connectivity index (χ0n) is 16.7. The van der Waals surface area contributed by atoms with Crippen molar-refractivity contribution in [3.63, 3.8) is 0 Å². The van der Waals surface area contributed by atoms with Crippen LogP contribution in [0.5, 0.6) is 0 Å². The highest BCUT2D eigenvalue weighted by atomic mass is 16.2. The van der Waals surface area contributed by atoms with E-state index in [0.717, 1.165) is 30.5 Å². The number of urea groups is 1. The number of piperidine rings is 1. The monoisotopic (exact) mass is 379 g/mol. The van der Waals surface area contributed by atoms with E-state index in [0.29, 0.717) is 13.1 Å². The van der Waals surface area contributed by atoms with Gasteiger partial charge in [-0.3, -0.25) is 4.79 Å². The van der Waals surface area contributed by atoms with Crippen LogP contribution in [0.15, 0.2) is 54.6 Å². The summed E-state index contributed by atoms with van der Waals surface area (Å²) in [5.41, 5.74) is 3.15. The number of hydrogen-bond donors (Lipinski definition) is 2. The van der Waals surface area contributed by atoms with Crippen LogP contribution in [-0.4, -0.2) is 29.9 Å². The number of para-hydroxylation sites is 1. The van der Waals surface area contributed by atoms with E-state index in [-0.39, 0.29) is 23.9 Å². The molecular weight excluding hydrogens is 350 g/mol. The molecule has 0 bridgehead atoms. The summed E-state index contributed by atoms with van der Waals surface area (Å²) in [5.74, 6) is -0.156. The quantitative estimate of drug-likeness (QED) is 0.810. The number of carbonyl (C=O) groups is 2. The van der Waals surface area contributed by atoms with E-state index in [1.165, 1.54) is 5.56 Å². The fourth-order valence-electron chi connectivity index (χ4n) is 3.56. The number of nitrogens with one attached hydrogen (secondary N) is 2. The van der Waals surface area contributed by atoms with Crippen LogP contribution in [0.1, 0.15) is 43.9 Å². The van der Waals surface area contributed by atoms with Gasteiger partial charge in [-0.2, -0.15) is 0 Å². The van der Waals surface area contributed by atoms with Crippen molar-refractivity contribution in [2.45, 2.75) is 39.2 Å². The number of likely N-dealkylation sites (tertiary alicyclic amines) is 1. The highest BCUT2D eigenvalue weighted by molar-refractivity contribution is 5.90. The average molecular weight is 380 g/mol. The summed E-state index contributed by atoms with van der Waals surface area (Å²) in [6, 6.07) is 17.6. The summed E-state index contributed by atoms with van der Waals surface area (Å²) in [5, 5.41) is 6.02. The molecule has 1 heterocycles. The third kappa shape index (κ3) is 5.12. The van der Waals surface area contributed by atoms with Crippen molar-refractivity contribution in [1.29, 1.82) is 0 Å². The molecule has 2 atom stereocenters. The van der Waals surface area contributed by atoms with Crippen molar-refractivity contribution < 1.29 is 9.59 Å². The van der Waals surface area contributed by atoms with Gasteiger partial charge in [0.05, 0.1) is 12.0 Å². The maximum atomic E-state index is 12.8. The zero-order chi connectivity index (χ0) is 19.9. The first kappa shape index (κ1) is 19.9. The number of rotatable bonds is 5. The first-order chi connectivity index (χ1) is 13.6. The van der Waals surface area contributed by atoms with Crippen LogP contribution in [0.2, 0.25) is 0 Å². The minimum absolute atomic E-state index is 0.0179. The summed E-state index contributed by atoms with van der Waals surface area (Å²) in [4.78, 5) is 27.0. The van der Waals surface area contributed by atoms with Crippen LogP contribution in [0.4, 0.5) is 10.5 Å². The van der Waals surface area contributed by atoms with E-state index in [1.807, 2.05) is 37.3 Å². The molecule has 3 rings (SSSR count). The molecule has 5 heteroatoms. The molecule has 28 heavy (non-hydrogen) atoms. The van der Waals surface area contributed by atoms with Gasteiger partial charge in [0.1, 0.15) is 0 Å². The van der Waals surface area contributed by atoms with Crippen molar-refractivity contribution in [3.05, 3.63) is 65.7 Å².